The number of carbonyl (C=O) groups is 1. The van der Waals surface area contributed by atoms with E-state index in [1.165, 1.54) is 13.2 Å². The van der Waals surface area contributed by atoms with Crippen molar-refractivity contribution in [2.24, 2.45) is 0 Å². The summed E-state index contributed by atoms with van der Waals surface area (Å²) in [6.07, 6.45) is 0.608. The highest BCUT2D eigenvalue weighted by atomic mass is 16.7. The van der Waals surface area contributed by atoms with Crippen LogP contribution in [0.4, 0.5) is 0 Å². The summed E-state index contributed by atoms with van der Waals surface area (Å²) in [7, 11) is 1.50. The lowest BCUT2D eigenvalue weighted by Crippen LogP contribution is -2.03. The third kappa shape index (κ3) is 4.31. The molecule has 2 rings (SSSR count). The molecule has 0 spiro atoms. The summed E-state index contributed by atoms with van der Waals surface area (Å²) < 4.78 is 15.7. The van der Waals surface area contributed by atoms with E-state index in [0.717, 1.165) is 5.56 Å². The Bertz CT molecular complexity index is 610. The molecule has 22 heavy (non-hydrogen) atoms. The van der Waals surface area contributed by atoms with Crippen LogP contribution in [0.2, 0.25) is 0 Å². The Kier molecular flexibility index (Phi) is 5.94. The minimum absolute atomic E-state index is 0.0597. The summed E-state index contributed by atoms with van der Waals surface area (Å²) in [6, 6.07) is 12.7. The van der Waals surface area contributed by atoms with Crippen LogP contribution >= 0.6 is 0 Å². The second-order valence-electron chi connectivity index (χ2n) is 4.66. The SMILES string of the molecule is COCOc1cc(O)c(C=O)c(COCc2ccccc2)c1. The molecule has 0 saturated heterocycles. The van der Waals surface area contributed by atoms with E-state index in [1.807, 2.05) is 30.3 Å². The van der Waals surface area contributed by atoms with Crippen molar-refractivity contribution in [3.63, 3.8) is 0 Å². The molecule has 0 atom stereocenters. The zero-order valence-electron chi connectivity index (χ0n) is 12.3. The van der Waals surface area contributed by atoms with Crippen LogP contribution in [0.15, 0.2) is 42.5 Å². The van der Waals surface area contributed by atoms with Gasteiger partial charge in [-0.25, -0.2) is 0 Å². The van der Waals surface area contributed by atoms with E-state index < -0.39 is 0 Å². The second-order valence-corrected chi connectivity index (χ2v) is 4.66. The van der Waals surface area contributed by atoms with Gasteiger partial charge in [0, 0.05) is 13.2 Å². The standard InChI is InChI=1S/C17H18O5/c1-20-12-22-15-7-14(16(9-18)17(19)8-15)11-21-10-13-5-3-2-4-6-13/h2-9,19H,10-12H2,1H3. The molecule has 0 aliphatic carbocycles. The number of rotatable bonds is 8. The van der Waals surface area contributed by atoms with Gasteiger partial charge in [0.15, 0.2) is 13.1 Å². The first kappa shape index (κ1) is 16.0. The minimum Gasteiger partial charge on any atom is -0.507 e. The van der Waals surface area contributed by atoms with Crippen LogP contribution in [-0.4, -0.2) is 25.3 Å². The fraction of sp³-hybridized carbons (Fsp3) is 0.235. The van der Waals surface area contributed by atoms with Crippen molar-refractivity contribution >= 4 is 6.29 Å². The Morgan fingerprint density at radius 1 is 1.14 bits per heavy atom. The number of aldehydes is 1. The first-order valence-electron chi connectivity index (χ1n) is 6.79. The molecule has 0 unspecified atom stereocenters. The quantitative estimate of drug-likeness (QED) is 0.600. The molecule has 0 aromatic heterocycles. The van der Waals surface area contributed by atoms with Gasteiger partial charge in [-0.1, -0.05) is 30.3 Å². The van der Waals surface area contributed by atoms with E-state index in [-0.39, 0.29) is 24.7 Å². The number of phenolic OH excluding ortho intramolecular Hbond substituents is 1. The molecule has 5 heteroatoms. The summed E-state index contributed by atoms with van der Waals surface area (Å²) in [5, 5.41) is 9.88. The highest BCUT2D eigenvalue weighted by Crippen LogP contribution is 2.27. The minimum atomic E-state index is -0.137. The zero-order chi connectivity index (χ0) is 15.8. The fourth-order valence-electron chi connectivity index (χ4n) is 1.99. The molecule has 0 aliphatic heterocycles. The molecule has 2 aromatic rings. The van der Waals surface area contributed by atoms with Gasteiger partial charge in [0.1, 0.15) is 11.5 Å². The molecule has 0 amide bonds. The molecule has 0 aliphatic rings. The van der Waals surface area contributed by atoms with Crippen LogP contribution in [0.5, 0.6) is 11.5 Å². The van der Waals surface area contributed by atoms with Crippen molar-refractivity contribution in [1.29, 1.82) is 0 Å². The number of benzene rings is 2. The smallest absolute Gasteiger partial charge is 0.188 e. The summed E-state index contributed by atoms with van der Waals surface area (Å²) in [4.78, 5) is 11.1. The third-order valence-corrected chi connectivity index (χ3v) is 3.05. The fourth-order valence-corrected chi connectivity index (χ4v) is 1.99. The lowest BCUT2D eigenvalue weighted by atomic mass is 10.1. The van der Waals surface area contributed by atoms with E-state index >= 15 is 0 Å². The zero-order valence-corrected chi connectivity index (χ0v) is 12.3. The number of phenols is 1. The Morgan fingerprint density at radius 3 is 2.59 bits per heavy atom. The number of hydrogen-bond acceptors (Lipinski definition) is 5. The Balaban J connectivity index is 2.07. The van der Waals surface area contributed by atoms with E-state index in [2.05, 4.69) is 0 Å². The van der Waals surface area contributed by atoms with E-state index in [0.29, 0.717) is 24.2 Å². The van der Waals surface area contributed by atoms with Gasteiger partial charge in [0.25, 0.3) is 0 Å². The van der Waals surface area contributed by atoms with Crippen molar-refractivity contribution in [3.8, 4) is 11.5 Å². The average molecular weight is 302 g/mol. The number of ether oxygens (including phenoxy) is 3. The van der Waals surface area contributed by atoms with Gasteiger partial charge in [-0.05, 0) is 17.2 Å². The lowest BCUT2D eigenvalue weighted by molar-refractivity contribution is 0.0506. The summed E-state index contributed by atoms with van der Waals surface area (Å²) in [6.45, 7) is 0.675. The van der Waals surface area contributed by atoms with Crippen LogP contribution in [0, 0.1) is 0 Å². The van der Waals surface area contributed by atoms with Crippen molar-refractivity contribution in [2.75, 3.05) is 13.9 Å². The van der Waals surface area contributed by atoms with Gasteiger partial charge >= 0.3 is 0 Å². The molecular formula is C17H18O5. The van der Waals surface area contributed by atoms with E-state index in [4.69, 9.17) is 14.2 Å². The van der Waals surface area contributed by atoms with Crippen molar-refractivity contribution in [1.82, 2.24) is 0 Å². The predicted octanol–water partition coefficient (Wildman–Crippen LogP) is 2.90. The van der Waals surface area contributed by atoms with E-state index in [1.54, 1.807) is 6.07 Å². The van der Waals surface area contributed by atoms with Crippen molar-refractivity contribution in [2.45, 2.75) is 13.2 Å². The normalized spacial score (nSPS) is 10.4. The second kappa shape index (κ2) is 8.17. The van der Waals surface area contributed by atoms with Crippen LogP contribution in [0.1, 0.15) is 21.5 Å². The highest BCUT2D eigenvalue weighted by molar-refractivity contribution is 5.82. The predicted molar refractivity (Wildman–Crippen MR) is 80.9 cm³/mol. The van der Waals surface area contributed by atoms with Crippen LogP contribution < -0.4 is 4.74 Å². The van der Waals surface area contributed by atoms with E-state index in [9.17, 15) is 9.90 Å². The lowest BCUT2D eigenvalue weighted by Gasteiger charge is -2.12. The van der Waals surface area contributed by atoms with Gasteiger partial charge < -0.3 is 19.3 Å². The van der Waals surface area contributed by atoms with Crippen molar-refractivity contribution < 1.29 is 24.1 Å². The van der Waals surface area contributed by atoms with Crippen LogP contribution in [0.25, 0.3) is 0 Å². The molecule has 5 nitrogen and oxygen atoms in total. The highest BCUT2D eigenvalue weighted by Gasteiger charge is 2.11. The Labute approximate surface area is 129 Å². The van der Waals surface area contributed by atoms with Gasteiger partial charge in [0.2, 0.25) is 0 Å². The van der Waals surface area contributed by atoms with Gasteiger partial charge in [-0.2, -0.15) is 0 Å². The number of methoxy groups -OCH3 is 1. The molecule has 0 saturated carbocycles. The van der Waals surface area contributed by atoms with Crippen LogP contribution in [-0.2, 0) is 22.7 Å². The number of aromatic hydroxyl groups is 1. The Hall–Kier alpha value is -2.37. The molecule has 0 heterocycles. The number of hydrogen-bond donors (Lipinski definition) is 1. The third-order valence-electron chi connectivity index (χ3n) is 3.05. The maximum absolute atomic E-state index is 11.1. The molecule has 1 N–H and O–H groups in total. The molecule has 116 valence electrons. The van der Waals surface area contributed by atoms with Crippen molar-refractivity contribution in [3.05, 3.63) is 59.2 Å². The molecule has 0 fully saturated rings. The molecule has 0 bridgehead atoms. The topological polar surface area (TPSA) is 65.0 Å². The van der Waals surface area contributed by atoms with Gasteiger partial charge in [-0.15, -0.1) is 0 Å². The first-order valence-corrected chi connectivity index (χ1v) is 6.79. The molecule has 2 aromatic carbocycles. The summed E-state index contributed by atoms with van der Waals surface area (Å²) in [5.74, 6) is 0.283. The molecule has 0 radical (unpaired) electrons. The first-order chi connectivity index (χ1) is 10.7. The number of carbonyl (C=O) groups excluding carboxylic acids is 1. The largest absolute Gasteiger partial charge is 0.507 e. The van der Waals surface area contributed by atoms with Gasteiger partial charge in [0.05, 0.1) is 18.8 Å². The average Bonchev–Trinajstić information content (AvgIpc) is 2.54. The molecular weight excluding hydrogens is 284 g/mol. The maximum atomic E-state index is 11.1. The maximum Gasteiger partial charge on any atom is 0.188 e. The monoisotopic (exact) mass is 302 g/mol. The van der Waals surface area contributed by atoms with Gasteiger partial charge in [-0.3, -0.25) is 4.79 Å². The Morgan fingerprint density at radius 2 is 1.91 bits per heavy atom. The summed E-state index contributed by atoms with van der Waals surface area (Å²) in [5.41, 5.74) is 1.81. The summed E-state index contributed by atoms with van der Waals surface area (Å²) >= 11 is 0. The van der Waals surface area contributed by atoms with Crippen LogP contribution in [0.3, 0.4) is 0 Å².